The number of hydrogen-bond acceptors (Lipinski definition) is 4. The van der Waals surface area contributed by atoms with Crippen molar-refractivity contribution in [3.63, 3.8) is 0 Å². The van der Waals surface area contributed by atoms with Crippen molar-refractivity contribution >= 4 is 22.5 Å². The summed E-state index contributed by atoms with van der Waals surface area (Å²) in [6, 6.07) is 13.3. The first-order valence-corrected chi connectivity index (χ1v) is 6.69. The standard InChI is InChI=1S/C16H15N3O2/c20-15(19-10-13-6-3-9-21-13)11-18-14-7-1-4-12-5-2-8-17-16(12)14/h1-9,18H,10-11H2,(H,19,20). The second-order valence-electron chi connectivity index (χ2n) is 4.59. The van der Waals surface area contributed by atoms with Gasteiger partial charge in [-0.05, 0) is 24.3 Å². The molecule has 0 fully saturated rings. The first-order valence-electron chi connectivity index (χ1n) is 6.69. The predicted octanol–water partition coefficient (Wildman–Crippen LogP) is 2.56. The monoisotopic (exact) mass is 281 g/mol. The summed E-state index contributed by atoms with van der Waals surface area (Å²) in [5.74, 6) is 0.634. The Morgan fingerprint density at radius 1 is 1.14 bits per heavy atom. The van der Waals surface area contributed by atoms with Crippen LogP contribution in [0.2, 0.25) is 0 Å². The van der Waals surface area contributed by atoms with Crippen molar-refractivity contribution in [3.8, 4) is 0 Å². The lowest BCUT2D eigenvalue weighted by Crippen LogP contribution is -2.29. The van der Waals surface area contributed by atoms with Gasteiger partial charge in [-0.25, -0.2) is 0 Å². The van der Waals surface area contributed by atoms with Gasteiger partial charge < -0.3 is 15.1 Å². The highest BCUT2D eigenvalue weighted by Crippen LogP contribution is 2.20. The van der Waals surface area contributed by atoms with Crippen LogP contribution in [0.5, 0.6) is 0 Å². The predicted molar refractivity (Wildman–Crippen MR) is 80.8 cm³/mol. The molecular weight excluding hydrogens is 266 g/mol. The van der Waals surface area contributed by atoms with Gasteiger partial charge in [0.2, 0.25) is 5.91 Å². The molecule has 0 aliphatic carbocycles. The molecular formula is C16H15N3O2. The number of anilines is 1. The molecule has 106 valence electrons. The maximum absolute atomic E-state index is 11.8. The third-order valence-corrected chi connectivity index (χ3v) is 3.11. The van der Waals surface area contributed by atoms with E-state index in [0.29, 0.717) is 6.54 Å². The van der Waals surface area contributed by atoms with Crippen molar-refractivity contribution in [2.45, 2.75) is 6.54 Å². The van der Waals surface area contributed by atoms with E-state index >= 15 is 0 Å². The summed E-state index contributed by atoms with van der Waals surface area (Å²) in [5, 5.41) is 6.94. The topological polar surface area (TPSA) is 67.2 Å². The van der Waals surface area contributed by atoms with Gasteiger partial charge in [0, 0.05) is 11.6 Å². The fraction of sp³-hybridized carbons (Fsp3) is 0.125. The number of rotatable bonds is 5. The summed E-state index contributed by atoms with van der Waals surface area (Å²) in [4.78, 5) is 16.1. The zero-order valence-electron chi connectivity index (χ0n) is 11.4. The van der Waals surface area contributed by atoms with Crippen LogP contribution in [0.4, 0.5) is 5.69 Å². The molecule has 5 nitrogen and oxygen atoms in total. The first-order chi connectivity index (χ1) is 10.3. The molecule has 0 unspecified atom stereocenters. The van der Waals surface area contributed by atoms with E-state index in [1.165, 1.54) is 0 Å². The van der Waals surface area contributed by atoms with E-state index < -0.39 is 0 Å². The molecule has 1 aromatic carbocycles. The van der Waals surface area contributed by atoms with E-state index in [1.54, 1.807) is 18.5 Å². The minimum Gasteiger partial charge on any atom is -0.467 e. The fourth-order valence-corrected chi connectivity index (χ4v) is 2.08. The number of furan rings is 1. The number of pyridine rings is 1. The highest BCUT2D eigenvalue weighted by atomic mass is 16.3. The molecule has 0 radical (unpaired) electrons. The van der Waals surface area contributed by atoms with Crippen molar-refractivity contribution in [2.75, 3.05) is 11.9 Å². The molecule has 0 aliphatic rings. The number of amides is 1. The SMILES string of the molecule is O=C(CNc1cccc2cccnc12)NCc1ccco1. The van der Waals surface area contributed by atoms with Crippen LogP contribution in [0.3, 0.4) is 0 Å². The molecule has 2 N–H and O–H groups in total. The van der Waals surface area contributed by atoms with Crippen molar-refractivity contribution in [1.29, 1.82) is 0 Å². The Balaban J connectivity index is 1.60. The molecule has 2 heterocycles. The zero-order chi connectivity index (χ0) is 14.5. The van der Waals surface area contributed by atoms with Crippen molar-refractivity contribution in [3.05, 3.63) is 60.7 Å². The van der Waals surface area contributed by atoms with E-state index in [1.807, 2.05) is 36.4 Å². The molecule has 1 amide bonds. The largest absolute Gasteiger partial charge is 0.467 e. The van der Waals surface area contributed by atoms with Crippen LogP contribution in [0.15, 0.2) is 59.3 Å². The minimum atomic E-state index is -0.0978. The van der Waals surface area contributed by atoms with Gasteiger partial charge in [0.25, 0.3) is 0 Å². The Morgan fingerprint density at radius 3 is 2.90 bits per heavy atom. The number of carbonyl (C=O) groups is 1. The molecule has 0 aliphatic heterocycles. The van der Waals surface area contributed by atoms with Gasteiger partial charge in [0.1, 0.15) is 5.76 Å². The summed E-state index contributed by atoms with van der Waals surface area (Å²) >= 11 is 0. The molecule has 0 saturated heterocycles. The van der Waals surface area contributed by atoms with Gasteiger partial charge in [0.15, 0.2) is 0 Å². The summed E-state index contributed by atoms with van der Waals surface area (Å²) < 4.78 is 5.16. The van der Waals surface area contributed by atoms with E-state index in [2.05, 4.69) is 15.6 Å². The Bertz CT molecular complexity index is 733. The van der Waals surface area contributed by atoms with Crippen LogP contribution in [-0.2, 0) is 11.3 Å². The molecule has 3 rings (SSSR count). The van der Waals surface area contributed by atoms with E-state index in [0.717, 1.165) is 22.4 Å². The molecule has 0 bridgehead atoms. The number of nitrogens with zero attached hydrogens (tertiary/aromatic N) is 1. The number of fused-ring (bicyclic) bond motifs is 1. The van der Waals surface area contributed by atoms with Crippen LogP contribution in [0, 0.1) is 0 Å². The number of aromatic nitrogens is 1. The van der Waals surface area contributed by atoms with Crippen LogP contribution >= 0.6 is 0 Å². The van der Waals surface area contributed by atoms with Gasteiger partial charge in [-0.3, -0.25) is 9.78 Å². The average Bonchev–Trinajstić information content (AvgIpc) is 3.04. The van der Waals surface area contributed by atoms with E-state index in [9.17, 15) is 4.79 Å². The average molecular weight is 281 g/mol. The summed E-state index contributed by atoms with van der Waals surface area (Å²) in [5.41, 5.74) is 1.71. The third kappa shape index (κ3) is 3.20. The van der Waals surface area contributed by atoms with Crippen molar-refractivity contribution in [1.82, 2.24) is 10.3 Å². The van der Waals surface area contributed by atoms with Crippen molar-refractivity contribution in [2.24, 2.45) is 0 Å². The minimum absolute atomic E-state index is 0.0978. The van der Waals surface area contributed by atoms with Crippen LogP contribution in [-0.4, -0.2) is 17.4 Å². The summed E-state index contributed by atoms with van der Waals surface area (Å²) in [7, 11) is 0. The Kier molecular flexibility index (Phi) is 3.82. The lowest BCUT2D eigenvalue weighted by molar-refractivity contribution is -0.119. The van der Waals surface area contributed by atoms with Crippen LogP contribution < -0.4 is 10.6 Å². The number of hydrogen-bond donors (Lipinski definition) is 2. The highest BCUT2D eigenvalue weighted by Gasteiger charge is 2.05. The molecule has 21 heavy (non-hydrogen) atoms. The molecule has 5 heteroatoms. The van der Waals surface area contributed by atoms with Gasteiger partial charge in [0.05, 0.1) is 30.6 Å². The maximum atomic E-state index is 11.8. The van der Waals surface area contributed by atoms with Gasteiger partial charge in [-0.2, -0.15) is 0 Å². The van der Waals surface area contributed by atoms with Crippen molar-refractivity contribution < 1.29 is 9.21 Å². The molecule has 2 aromatic heterocycles. The first kappa shape index (κ1) is 13.2. The zero-order valence-corrected chi connectivity index (χ0v) is 11.4. The third-order valence-electron chi connectivity index (χ3n) is 3.11. The second kappa shape index (κ2) is 6.09. The molecule has 0 spiro atoms. The Morgan fingerprint density at radius 2 is 2.05 bits per heavy atom. The lowest BCUT2D eigenvalue weighted by Gasteiger charge is -2.09. The van der Waals surface area contributed by atoms with E-state index in [-0.39, 0.29) is 12.5 Å². The molecule has 0 saturated carbocycles. The normalized spacial score (nSPS) is 10.5. The highest BCUT2D eigenvalue weighted by molar-refractivity contribution is 5.91. The lowest BCUT2D eigenvalue weighted by atomic mass is 10.2. The van der Waals surface area contributed by atoms with E-state index in [4.69, 9.17) is 4.42 Å². The number of carbonyl (C=O) groups excluding carboxylic acids is 1. The van der Waals surface area contributed by atoms with Gasteiger partial charge in [-0.15, -0.1) is 0 Å². The van der Waals surface area contributed by atoms with Crippen LogP contribution in [0.25, 0.3) is 10.9 Å². The Labute approximate surface area is 122 Å². The summed E-state index contributed by atoms with van der Waals surface area (Å²) in [6.45, 7) is 0.581. The van der Waals surface area contributed by atoms with Gasteiger partial charge >= 0.3 is 0 Å². The number of benzene rings is 1. The smallest absolute Gasteiger partial charge is 0.239 e. The Hall–Kier alpha value is -2.82. The van der Waals surface area contributed by atoms with Gasteiger partial charge in [-0.1, -0.05) is 18.2 Å². The number of nitrogens with one attached hydrogen (secondary N) is 2. The number of para-hydroxylation sites is 1. The summed E-state index contributed by atoms with van der Waals surface area (Å²) in [6.07, 6.45) is 3.33. The molecule has 3 aromatic rings. The maximum Gasteiger partial charge on any atom is 0.239 e. The molecule has 0 atom stereocenters. The van der Waals surface area contributed by atoms with Crippen LogP contribution in [0.1, 0.15) is 5.76 Å². The second-order valence-corrected chi connectivity index (χ2v) is 4.59. The fourth-order valence-electron chi connectivity index (χ4n) is 2.08. The quantitative estimate of drug-likeness (QED) is 0.754.